The van der Waals surface area contributed by atoms with Gasteiger partial charge in [0.1, 0.15) is 5.75 Å². The van der Waals surface area contributed by atoms with Crippen molar-refractivity contribution in [1.29, 1.82) is 0 Å². The van der Waals surface area contributed by atoms with Crippen molar-refractivity contribution in [3.8, 4) is 28.3 Å². The average molecular weight is 366 g/mol. The van der Waals surface area contributed by atoms with E-state index in [2.05, 4.69) is 28.2 Å². The van der Waals surface area contributed by atoms with Crippen molar-refractivity contribution in [3.63, 3.8) is 0 Å². The third-order valence-electron chi connectivity index (χ3n) is 5.28. The van der Waals surface area contributed by atoms with Crippen LogP contribution >= 0.6 is 0 Å². The van der Waals surface area contributed by atoms with Crippen LogP contribution in [0.3, 0.4) is 0 Å². The Morgan fingerprint density at radius 3 is 2.36 bits per heavy atom. The zero-order chi connectivity index (χ0) is 19.1. The maximum atomic E-state index is 12.4. The first-order chi connectivity index (χ1) is 13.8. The number of hydrogen-bond acceptors (Lipinski definition) is 3. The van der Waals surface area contributed by atoms with Crippen molar-refractivity contribution in [2.24, 2.45) is 0 Å². The Bertz CT molecular complexity index is 1210. The first kappa shape index (κ1) is 16.5. The highest BCUT2D eigenvalue weighted by molar-refractivity contribution is 5.84. The number of aromatic nitrogens is 2. The smallest absolute Gasteiger partial charge is 0.345 e. The number of nitrogens with zero attached hydrogens (tertiary/aromatic N) is 1. The summed E-state index contributed by atoms with van der Waals surface area (Å²) < 4.78 is 5.47. The third-order valence-corrected chi connectivity index (χ3v) is 5.28. The molecular weight excluding hydrogens is 348 g/mol. The second kappa shape index (κ2) is 6.50. The molecule has 1 unspecified atom stereocenters. The fourth-order valence-corrected chi connectivity index (χ4v) is 4.07. The van der Waals surface area contributed by atoms with Crippen molar-refractivity contribution in [3.05, 3.63) is 106 Å². The van der Waals surface area contributed by atoms with E-state index in [-0.39, 0.29) is 11.6 Å². The van der Waals surface area contributed by atoms with Crippen LogP contribution in [0.5, 0.6) is 5.75 Å². The highest BCUT2D eigenvalue weighted by atomic mass is 16.5. The summed E-state index contributed by atoms with van der Waals surface area (Å²) in [5.41, 5.74) is 6.47. The molecule has 0 saturated heterocycles. The molecule has 1 heterocycles. The van der Waals surface area contributed by atoms with E-state index in [1.807, 2.05) is 60.7 Å². The number of nitrogens with one attached hydrogen (secondary N) is 1. The van der Waals surface area contributed by atoms with E-state index in [1.165, 1.54) is 0 Å². The molecule has 28 heavy (non-hydrogen) atoms. The van der Waals surface area contributed by atoms with Crippen molar-refractivity contribution < 1.29 is 4.74 Å². The SMILES string of the molecule is COc1ccc2c(c1)C(c1ccccc1)c1c(-c3ccccc3)nc(=O)[nH]c1-2. The topological polar surface area (TPSA) is 55.0 Å². The van der Waals surface area contributed by atoms with Crippen molar-refractivity contribution >= 4 is 0 Å². The number of benzene rings is 3. The van der Waals surface area contributed by atoms with E-state index < -0.39 is 0 Å². The van der Waals surface area contributed by atoms with Gasteiger partial charge >= 0.3 is 5.69 Å². The lowest BCUT2D eigenvalue weighted by molar-refractivity contribution is 0.414. The van der Waals surface area contributed by atoms with Gasteiger partial charge in [0.25, 0.3) is 0 Å². The molecule has 1 aliphatic rings. The molecule has 4 heteroatoms. The number of H-pyrrole nitrogens is 1. The van der Waals surface area contributed by atoms with Crippen molar-refractivity contribution in [1.82, 2.24) is 9.97 Å². The van der Waals surface area contributed by atoms with Crippen molar-refractivity contribution in [2.45, 2.75) is 5.92 Å². The predicted octanol–water partition coefficient (Wildman–Crippen LogP) is 4.61. The van der Waals surface area contributed by atoms with Crippen LogP contribution in [0.15, 0.2) is 83.7 Å². The predicted molar refractivity (Wildman–Crippen MR) is 110 cm³/mol. The monoisotopic (exact) mass is 366 g/mol. The Kier molecular flexibility index (Phi) is 3.83. The lowest BCUT2D eigenvalue weighted by atomic mass is 9.87. The van der Waals surface area contributed by atoms with Gasteiger partial charge < -0.3 is 9.72 Å². The second-order valence-electron chi connectivity index (χ2n) is 6.84. The fraction of sp³-hybridized carbons (Fsp3) is 0.0833. The van der Waals surface area contributed by atoms with Crippen LogP contribution in [0.2, 0.25) is 0 Å². The molecule has 0 spiro atoms. The van der Waals surface area contributed by atoms with Crippen LogP contribution in [0.4, 0.5) is 0 Å². The van der Waals surface area contributed by atoms with Crippen LogP contribution in [-0.4, -0.2) is 17.1 Å². The van der Waals surface area contributed by atoms with Gasteiger partial charge in [0.2, 0.25) is 0 Å². The molecule has 0 fully saturated rings. The summed E-state index contributed by atoms with van der Waals surface area (Å²) in [5.74, 6) is 0.768. The van der Waals surface area contributed by atoms with E-state index in [1.54, 1.807) is 7.11 Å². The molecule has 136 valence electrons. The molecule has 3 aromatic carbocycles. The minimum Gasteiger partial charge on any atom is -0.497 e. The minimum absolute atomic E-state index is 0.0270. The summed E-state index contributed by atoms with van der Waals surface area (Å²) in [5, 5.41) is 0. The van der Waals surface area contributed by atoms with Crippen LogP contribution in [0, 0.1) is 0 Å². The van der Waals surface area contributed by atoms with Gasteiger partial charge in [0.15, 0.2) is 0 Å². The Morgan fingerprint density at radius 2 is 1.64 bits per heavy atom. The van der Waals surface area contributed by atoms with Gasteiger partial charge in [-0.25, -0.2) is 4.79 Å². The highest BCUT2D eigenvalue weighted by Crippen LogP contribution is 2.50. The molecular formula is C24H18N2O2. The first-order valence-corrected chi connectivity index (χ1v) is 9.19. The van der Waals surface area contributed by atoms with Crippen LogP contribution in [0.25, 0.3) is 22.5 Å². The average Bonchev–Trinajstić information content (AvgIpc) is 3.07. The van der Waals surface area contributed by atoms with Crippen LogP contribution < -0.4 is 10.4 Å². The number of hydrogen-bond donors (Lipinski definition) is 1. The highest BCUT2D eigenvalue weighted by Gasteiger charge is 2.34. The van der Waals surface area contributed by atoms with E-state index in [0.717, 1.165) is 45.0 Å². The van der Waals surface area contributed by atoms with E-state index in [9.17, 15) is 4.79 Å². The zero-order valence-electron chi connectivity index (χ0n) is 15.3. The van der Waals surface area contributed by atoms with Gasteiger partial charge in [-0.2, -0.15) is 4.98 Å². The molecule has 0 radical (unpaired) electrons. The molecule has 4 nitrogen and oxygen atoms in total. The van der Waals surface area contributed by atoms with Gasteiger partial charge in [-0.15, -0.1) is 0 Å². The summed E-state index contributed by atoms with van der Waals surface area (Å²) in [6, 6.07) is 26.2. The Labute approximate surface area is 162 Å². The summed E-state index contributed by atoms with van der Waals surface area (Å²) in [6.45, 7) is 0. The maximum Gasteiger partial charge on any atom is 0.345 e. The molecule has 0 amide bonds. The Hall–Kier alpha value is -3.66. The van der Waals surface area contributed by atoms with Gasteiger partial charge in [0, 0.05) is 22.6 Å². The lowest BCUT2D eigenvalue weighted by Crippen LogP contribution is -2.15. The molecule has 1 atom stereocenters. The second-order valence-corrected chi connectivity index (χ2v) is 6.84. The van der Waals surface area contributed by atoms with E-state index >= 15 is 0 Å². The Balaban J connectivity index is 1.86. The number of rotatable bonds is 3. The first-order valence-electron chi connectivity index (χ1n) is 9.19. The molecule has 1 aliphatic carbocycles. The largest absolute Gasteiger partial charge is 0.497 e. The van der Waals surface area contributed by atoms with Crippen LogP contribution in [-0.2, 0) is 0 Å². The van der Waals surface area contributed by atoms with Crippen LogP contribution in [0.1, 0.15) is 22.6 Å². The Morgan fingerprint density at radius 1 is 0.929 bits per heavy atom. The van der Waals surface area contributed by atoms with E-state index in [4.69, 9.17) is 4.74 Å². The zero-order valence-corrected chi connectivity index (χ0v) is 15.3. The summed E-state index contributed by atoms with van der Waals surface area (Å²) in [4.78, 5) is 19.8. The molecule has 0 saturated carbocycles. The quantitative estimate of drug-likeness (QED) is 0.507. The number of ether oxygens (including phenoxy) is 1. The van der Waals surface area contributed by atoms with Crippen molar-refractivity contribution in [2.75, 3.05) is 7.11 Å². The lowest BCUT2D eigenvalue weighted by Gasteiger charge is -2.17. The standard InChI is InChI=1S/C24H18N2O2/c1-28-17-12-13-18-19(14-17)20(15-8-4-2-5-9-15)21-22(16-10-6-3-7-11-16)25-24(27)26-23(18)21/h2-14,20H,1H3,(H,25,26,27). The van der Waals surface area contributed by atoms with Gasteiger partial charge in [-0.3, -0.25) is 0 Å². The summed E-state index contributed by atoms with van der Waals surface area (Å²) in [7, 11) is 1.67. The fourth-order valence-electron chi connectivity index (χ4n) is 4.07. The number of fused-ring (bicyclic) bond motifs is 3. The van der Waals surface area contributed by atoms with Gasteiger partial charge in [-0.1, -0.05) is 60.7 Å². The summed E-state index contributed by atoms with van der Waals surface area (Å²) >= 11 is 0. The molecule has 1 aromatic heterocycles. The maximum absolute atomic E-state index is 12.4. The molecule has 0 aliphatic heterocycles. The van der Waals surface area contributed by atoms with Gasteiger partial charge in [-0.05, 0) is 29.3 Å². The minimum atomic E-state index is -0.340. The molecule has 5 rings (SSSR count). The molecule has 4 aromatic rings. The number of aromatic amines is 1. The summed E-state index contributed by atoms with van der Waals surface area (Å²) in [6.07, 6.45) is 0. The molecule has 1 N–H and O–H groups in total. The van der Waals surface area contributed by atoms with Gasteiger partial charge in [0.05, 0.1) is 18.5 Å². The third kappa shape index (κ3) is 2.54. The normalized spacial score (nSPS) is 14.4. The number of methoxy groups -OCH3 is 1. The molecule has 0 bridgehead atoms. The van der Waals surface area contributed by atoms with E-state index in [0.29, 0.717) is 0 Å².